The van der Waals surface area contributed by atoms with E-state index in [0.717, 1.165) is 37.4 Å². The van der Waals surface area contributed by atoms with E-state index in [2.05, 4.69) is 52.7 Å². The van der Waals surface area contributed by atoms with Gasteiger partial charge in [-0.05, 0) is 77.8 Å². The van der Waals surface area contributed by atoms with Gasteiger partial charge in [0.1, 0.15) is 5.65 Å². The van der Waals surface area contributed by atoms with E-state index < -0.39 is 0 Å². The molecule has 6 rings (SSSR count). The number of aromatic amines is 1. The maximum absolute atomic E-state index is 5.89. The molecule has 0 bridgehead atoms. The lowest BCUT2D eigenvalue weighted by molar-refractivity contribution is 0.131. The molecule has 2 N–H and O–H groups in total. The quantitative estimate of drug-likeness (QED) is 0.652. The van der Waals surface area contributed by atoms with Gasteiger partial charge in [0.2, 0.25) is 0 Å². The first kappa shape index (κ1) is 19.0. The molecule has 2 aliphatic heterocycles. The van der Waals surface area contributed by atoms with E-state index in [4.69, 9.17) is 9.72 Å². The third-order valence-corrected chi connectivity index (χ3v) is 7.33. The van der Waals surface area contributed by atoms with Crippen molar-refractivity contribution in [3.8, 4) is 11.1 Å². The Labute approximate surface area is 182 Å². The van der Waals surface area contributed by atoms with E-state index in [1.807, 2.05) is 18.6 Å². The molecule has 0 amide bonds. The van der Waals surface area contributed by atoms with Gasteiger partial charge in [-0.2, -0.15) is 0 Å². The summed E-state index contributed by atoms with van der Waals surface area (Å²) >= 11 is 0. The Morgan fingerprint density at radius 1 is 1.16 bits per heavy atom. The number of pyridine rings is 2. The molecule has 3 aromatic heterocycles. The molecule has 0 radical (unpaired) electrons. The number of hydrogen-bond acceptors (Lipinski definition) is 4. The number of rotatable bonds is 3. The van der Waals surface area contributed by atoms with Gasteiger partial charge in [0.25, 0.3) is 0 Å². The summed E-state index contributed by atoms with van der Waals surface area (Å²) in [5.74, 6) is 0.929. The summed E-state index contributed by atoms with van der Waals surface area (Å²) < 4.78 is 5.89. The van der Waals surface area contributed by atoms with Crippen LogP contribution in [0.15, 0.2) is 60.2 Å². The normalized spacial score (nSPS) is 26.2. The smallest absolute Gasteiger partial charge is 0.137 e. The number of hydrogen-bond donors (Lipinski definition) is 2. The zero-order chi connectivity index (χ0) is 20.8. The lowest BCUT2D eigenvalue weighted by atomic mass is 9.69. The largest absolute Gasteiger partial charge is 0.377 e. The minimum Gasteiger partial charge on any atom is -0.377 e. The van der Waals surface area contributed by atoms with Crippen molar-refractivity contribution in [1.82, 2.24) is 20.3 Å². The van der Waals surface area contributed by atoms with Crippen LogP contribution in [0.4, 0.5) is 0 Å². The Morgan fingerprint density at radius 2 is 2.06 bits per heavy atom. The minimum atomic E-state index is 0.429. The Hall–Kier alpha value is -2.76. The van der Waals surface area contributed by atoms with Crippen LogP contribution in [0.2, 0.25) is 0 Å². The molecular formula is C26H28N4O. The number of aromatic nitrogens is 3. The van der Waals surface area contributed by atoms with Crippen molar-refractivity contribution < 1.29 is 4.74 Å². The molecule has 5 heterocycles. The summed E-state index contributed by atoms with van der Waals surface area (Å²) in [6.07, 6.45) is 13.8. The zero-order valence-electron chi connectivity index (χ0n) is 17.9. The van der Waals surface area contributed by atoms with E-state index in [-0.39, 0.29) is 0 Å². The lowest BCUT2D eigenvalue weighted by Crippen LogP contribution is -2.40. The third-order valence-electron chi connectivity index (χ3n) is 7.33. The molecule has 3 aromatic rings. The van der Waals surface area contributed by atoms with Gasteiger partial charge in [0, 0.05) is 47.7 Å². The number of allylic oxidation sites excluding steroid dienone is 2. The van der Waals surface area contributed by atoms with Gasteiger partial charge in [-0.15, -0.1) is 0 Å². The third kappa shape index (κ3) is 3.24. The van der Waals surface area contributed by atoms with Crippen LogP contribution in [-0.4, -0.2) is 40.8 Å². The molecule has 1 fully saturated rings. The monoisotopic (exact) mass is 412 g/mol. The number of nitrogens with one attached hydrogen (secondary N) is 2. The number of nitrogens with zero attached hydrogens (tertiary/aromatic N) is 2. The molecular weight excluding hydrogens is 384 g/mol. The first-order valence-electron chi connectivity index (χ1n) is 11.4. The summed E-state index contributed by atoms with van der Waals surface area (Å²) in [4.78, 5) is 12.3. The Kier molecular flexibility index (Phi) is 4.73. The fourth-order valence-electron chi connectivity index (χ4n) is 5.79. The van der Waals surface area contributed by atoms with Crippen molar-refractivity contribution in [1.29, 1.82) is 0 Å². The summed E-state index contributed by atoms with van der Waals surface area (Å²) in [6.45, 7) is 5.12. The predicted molar refractivity (Wildman–Crippen MR) is 123 cm³/mol. The highest BCUT2D eigenvalue weighted by molar-refractivity contribution is 5.95. The first-order chi connectivity index (χ1) is 15.3. The lowest BCUT2D eigenvalue weighted by Gasteiger charge is -2.39. The van der Waals surface area contributed by atoms with Crippen LogP contribution < -0.4 is 5.32 Å². The summed E-state index contributed by atoms with van der Waals surface area (Å²) in [6, 6.07) is 6.97. The Bertz CT molecular complexity index is 1170. The molecule has 2 unspecified atom stereocenters. The molecule has 158 valence electrons. The second kappa shape index (κ2) is 7.74. The van der Waals surface area contributed by atoms with Gasteiger partial charge in [0.15, 0.2) is 0 Å². The van der Waals surface area contributed by atoms with Crippen LogP contribution in [0.25, 0.3) is 27.7 Å². The predicted octanol–water partition coefficient (Wildman–Crippen LogP) is 4.74. The highest BCUT2D eigenvalue weighted by Gasteiger charge is 2.38. The van der Waals surface area contributed by atoms with Crippen molar-refractivity contribution in [2.45, 2.75) is 32.2 Å². The highest BCUT2D eigenvalue weighted by Crippen LogP contribution is 2.45. The average molecular weight is 413 g/mol. The van der Waals surface area contributed by atoms with Crippen molar-refractivity contribution in [2.24, 2.45) is 11.8 Å². The Balaban J connectivity index is 1.45. The molecule has 3 atom stereocenters. The summed E-state index contributed by atoms with van der Waals surface area (Å²) in [5.41, 5.74) is 8.92. The van der Waals surface area contributed by atoms with E-state index in [0.29, 0.717) is 17.9 Å². The van der Waals surface area contributed by atoms with Crippen molar-refractivity contribution in [3.05, 3.63) is 65.8 Å². The average Bonchev–Trinajstić information content (AvgIpc) is 3.49. The van der Waals surface area contributed by atoms with Gasteiger partial charge in [-0.3, -0.25) is 4.98 Å². The van der Waals surface area contributed by atoms with Crippen molar-refractivity contribution >= 4 is 16.6 Å². The van der Waals surface area contributed by atoms with Gasteiger partial charge in [-0.1, -0.05) is 13.0 Å². The molecule has 0 spiro atoms. The van der Waals surface area contributed by atoms with Crippen molar-refractivity contribution in [2.75, 3.05) is 19.8 Å². The van der Waals surface area contributed by atoms with Crippen LogP contribution in [0, 0.1) is 11.8 Å². The molecule has 5 heteroatoms. The SMILES string of the molecule is CC1C(c2cnc3[nH]cc(-c4ccncc4)c3c2)=CC2=C(COCC2)C1[C@@H]1CCCN1. The second-order valence-corrected chi connectivity index (χ2v) is 9.03. The topological polar surface area (TPSA) is 62.8 Å². The number of H-pyrrole nitrogens is 1. The maximum Gasteiger partial charge on any atom is 0.137 e. The van der Waals surface area contributed by atoms with Gasteiger partial charge >= 0.3 is 0 Å². The van der Waals surface area contributed by atoms with E-state index in [1.54, 1.807) is 0 Å². The highest BCUT2D eigenvalue weighted by atomic mass is 16.5. The van der Waals surface area contributed by atoms with E-state index in [1.165, 1.54) is 46.1 Å². The zero-order valence-corrected chi connectivity index (χ0v) is 17.9. The van der Waals surface area contributed by atoms with Crippen LogP contribution in [-0.2, 0) is 4.74 Å². The first-order valence-corrected chi connectivity index (χ1v) is 11.4. The standard InChI is InChI=1S/C26H28N4O/c1-16-20(11-18-6-10-31-15-23(18)25(16)24-3-2-7-28-24)19-12-21-22(14-30-26(21)29-13-19)17-4-8-27-9-5-17/h4-5,8-9,11-14,16,24-25,28H,2-3,6-7,10,15H2,1H3,(H,29,30)/t16?,24-,25?/m0/s1. The number of fused-ring (bicyclic) bond motifs is 1. The minimum absolute atomic E-state index is 0.429. The van der Waals surface area contributed by atoms with Gasteiger partial charge in [0.05, 0.1) is 13.2 Å². The molecule has 1 saturated heterocycles. The van der Waals surface area contributed by atoms with E-state index >= 15 is 0 Å². The van der Waals surface area contributed by atoms with E-state index in [9.17, 15) is 0 Å². The van der Waals surface area contributed by atoms with Crippen molar-refractivity contribution in [3.63, 3.8) is 0 Å². The molecule has 31 heavy (non-hydrogen) atoms. The maximum atomic E-state index is 5.89. The summed E-state index contributed by atoms with van der Waals surface area (Å²) in [7, 11) is 0. The second-order valence-electron chi connectivity index (χ2n) is 9.03. The molecule has 0 saturated carbocycles. The van der Waals surface area contributed by atoms with Crippen LogP contribution in [0.5, 0.6) is 0 Å². The molecule has 1 aliphatic carbocycles. The number of ether oxygens (including phenoxy) is 1. The molecule has 5 nitrogen and oxygen atoms in total. The fraction of sp³-hybridized carbons (Fsp3) is 0.385. The summed E-state index contributed by atoms with van der Waals surface area (Å²) in [5, 5.41) is 4.94. The fourth-order valence-corrected chi connectivity index (χ4v) is 5.79. The van der Waals surface area contributed by atoms with Crippen LogP contribution in [0.1, 0.15) is 31.7 Å². The van der Waals surface area contributed by atoms with Gasteiger partial charge in [-0.25, -0.2) is 4.98 Å². The van der Waals surface area contributed by atoms with Crippen LogP contribution in [0.3, 0.4) is 0 Å². The molecule has 0 aromatic carbocycles. The van der Waals surface area contributed by atoms with Crippen LogP contribution >= 0.6 is 0 Å². The Morgan fingerprint density at radius 3 is 2.90 bits per heavy atom. The molecule has 3 aliphatic rings. The van der Waals surface area contributed by atoms with Gasteiger partial charge < -0.3 is 15.0 Å².